The van der Waals surface area contributed by atoms with Crippen LogP contribution in [0.5, 0.6) is 0 Å². The predicted octanol–water partition coefficient (Wildman–Crippen LogP) is 7.09. The van der Waals surface area contributed by atoms with Gasteiger partial charge in [0.05, 0.1) is 24.2 Å². The smallest absolute Gasteiger partial charge is 0.253 e. The van der Waals surface area contributed by atoms with E-state index >= 15 is 0 Å². The van der Waals surface area contributed by atoms with E-state index in [2.05, 4.69) is 29.6 Å². The average Bonchev–Trinajstić information content (AvgIpc) is 3.69. The molecule has 2 fully saturated rings. The number of nitrogens with one attached hydrogen (secondary N) is 2. The third kappa shape index (κ3) is 15.3. The van der Waals surface area contributed by atoms with Crippen LogP contribution in [0.4, 0.5) is 33.0 Å². The lowest BCUT2D eigenvalue weighted by atomic mass is 9.89. The number of anilines is 5. The first kappa shape index (κ1) is 52.0. The van der Waals surface area contributed by atoms with Gasteiger partial charge in [-0.3, -0.25) is 24.0 Å². The molecule has 4 aromatic carbocycles. The molecule has 5 N–H and O–H groups in total. The molecule has 2 unspecified atom stereocenters. The van der Waals surface area contributed by atoms with Crippen molar-refractivity contribution in [1.82, 2.24) is 5.16 Å². The maximum atomic E-state index is 13.6. The Hall–Kier alpha value is -7.00. The van der Waals surface area contributed by atoms with Crippen LogP contribution in [-0.4, -0.2) is 85.8 Å². The molecule has 2 aliphatic heterocycles. The van der Waals surface area contributed by atoms with Crippen molar-refractivity contribution in [2.24, 2.45) is 23.7 Å². The zero-order valence-electron chi connectivity index (χ0n) is 39.1. The van der Waals surface area contributed by atoms with Crippen molar-refractivity contribution in [2.45, 2.75) is 60.3 Å². The monoisotopic (exact) mass is 933 g/mol. The number of carbonyl (C=O) groups is 5. The number of rotatable bonds is 15. The topological polar surface area (TPSA) is 230 Å². The maximum Gasteiger partial charge on any atom is 0.253 e. The second-order valence-electron chi connectivity index (χ2n) is 17.5. The van der Waals surface area contributed by atoms with Crippen molar-refractivity contribution in [2.75, 3.05) is 72.3 Å². The Labute approximate surface area is 395 Å². The Balaban J connectivity index is 0.000000231. The van der Waals surface area contributed by atoms with E-state index in [-0.39, 0.29) is 66.6 Å². The molecule has 16 nitrogen and oxygen atoms in total. The van der Waals surface area contributed by atoms with Crippen LogP contribution in [0, 0.1) is 40.8 Å². The molecule has 0 saturated carbocycles. The van der Waals surface area contributed by atoms with E-state index in [1.165, 1.54) is 19.1 Å². The first-order chi connectivity index (χ1) is 32.5. The normalized spacial score (nSPS) is 14.6. The standard InChI is InChI=1S/C24H26FN3O3.C24H28N4O4.C3H6O2/c1-16(2)11-18(12-17-3-8-22(25)19(13-17)14-26)24(30)27-20-4-6-21(7-5-20)28-9-10-31-15-23(28)29;1-15(2)11-17(12-16-3-8-21-20(13-16)23(25)27-32-21)24(30)26-18-4-6-19(7-5-18)28-9-10-31-14-22(28)29;1-3(5)2-4/h3-8,13,16,18H,9-12,15H2,1-2H3,(H,27,30);3-8,13,15,17H,9-12,14H2,1-2H3,(H2,25,27)(H,26,30);4H,2H2,1H3. The zero-order chi connectivity index (χ0) is 49.3. The highest BCUT2D eigenvalue weighted by Gasteiger charge is 2.25. The lowest BCUT2D eigenvalue weighted by Gasteiger charge is -2.27. The minimum absolute atomic E-state index is 0.0190. The first-order valence-corrected chi connectivity index (χ1v) is 22.6. The van der Waals surface area contributed by atoms with Crippen LogP contribution in [0.25, 0.3) is 11.0 Å². The third-order valence-corrected chi connectivity index (χ3v) is 11.0. The van der Waals surface area contributed by atoms with E-state index in [0.29, 0.717) is 80.2 Å². The molecule has 2 saturated heterocycles. The fourth-order valence-electron chi connectivity index (χ4n) is 7.71. The summed E-state index contributed by atoms with van der Waals surface area (Å²) in [6, 6.07) is 26.4. The quantitative estimate of drug-likeness (QED) is 0.0825. The fraction of sp³-hybridized carbons (Fsp3) is 0.392. The molecular formula is C51H60FN7O9. The van der Waals surface area contributed by atoms with Gasteiger partial charge in [-0.15, -0.1) is 0 Å². The van der Waals surface area contributed by atoms with Crippen molar-refractivity contribution in [3.8, 4) is 6.07 Å². The number of hydrogen-bond donors (Lipinski definition) is 4. The van der Waals surface area contributed by atoms with Gasteiger partial charge in [0.25, 0.3) is 11.8 Å². The molecule has 68 heavy (non-hydrogen) atoms. The van der Waals surface area contributed by atoms with E-state index in [1.54, 1.807) is 40.1 Å². The molecular weight excluding hydrogens is 874 g/mol. The van der Waals surface area contributed by atoms with Crippen LogP contribution in [0.15, 0.2) is 89.5 Å². The second-order valence-corrected chi connectivity index (χ2v) is 17.5. The van der Waals surface area contributed by atoms with E-state index in [1.807, 2.05) is 62.4 Å². The van der Waals surface area contributed by atoms with Gasteiger partial charge in [-0.1, -0.05) is 45.0 Å². The number of carbonyl (C=O) groups excluding carboxylic acids is 5. The number of aliphatic hydroxyl groups is 1. The molecule has 3 heterocycles. The van der Waals surface area contributed by atoms with Gasteiger partial charge in [0.15, 0.2) is 17.2 Å². The van der Waals surface area contributed by atoms with Crippen molar-refractivity contribution in [1.29, 1.82) is 5.26 Å². The summed E-state index contributed by atoms with van der Waals surface area (Å²) in [6.07, 6.45) is 2.42. The molecule has 0 spiro atoms. The molecule has 0 bridgehead atoms. The third-order valence-electron chi connectivity index (χ3n) is 11.0. The Bertz CT molecular complexity index is 2560. The largest absolute Gasteiger partial charge is 0.389 e. The number of ketones is 1. The lowest BCUT2D eigenvalue weighted by Crippen LogP contribution is -2.41. The van der Waals surface area contributed by atoms with Gasteiger partial charge < -0.3 is 45.3 Å². The van der Waals surface area contributed by atoms with Crippen LogP contribution in [0.3, 0.4) is 0 Å². The summed E-state index contributed by atoms with van der Waals surface area (Å²) in [7, 11) is 0. The fourth-order valence-corrected chi connectivity index (χ4v) is 7.71. The van der Waals surface area contributed by atoms with E-state index in [0.717, 1.165) is 34.3 Å². The molecule has 7 rings (SSSR count). The Morgan fingerprint density at radius 3 is 1.65 bits per heavy atom. The SMILES string of the molecule is CC(=O)CO.CC(C)CC(Cc1ccc(F)c(C#N)c1)C(=O)Nc1ccc(N2CCOCC2=O)cc1.CC(C)CC(Cc1ccc2onc(N)c2c1)C(=O)Nc1ccc(N2CCOCC2=O)cc1. The van der Waals surface area contributed by atoms with Gasteiger partial charge in [-0.05, 0) is 128 Å². The summed E-state index contributed by atoms with van der Waals surface area (Å²) < 4.78 is 29.1. The number of morpholine rings is 2. The van der Waals surface area contributed by atoms with E-state index in [4.69, 9.17) is 30.1 Å². The van der Waals surface area contributed by atoms with Crippen molar-refractivity contribution < 1.29 is 47.5 Å². The van der Waals surface area contributed by atoms with Gasteiger partial charge in [-0.25, -0.2) is 4.39 Å². The summed E-state index contributed by atoms with van der Waals surface area (Å²) in [5, 5.41) is 27.4. The highest BCUT2D eigenvalue weighted by Crippen LogP contribution is 2.27. The average molecular weight is 934 g/mol. The Morgan fingerprint density at radius 1 is 0.765 bits per heavy atom. The van der Waals surface area contributed by atoms with E-state index in [9.17, 15) is 28.4 Å². The number of nitrogens with two attached hydrogens (primary N) is 1. The summed E-state index contributed by atoms with van der Waals surface area (Å²) in [5.74, 6) is -0.575. The molecule has 0 aliphatic carbocycles. The van der Waals surface area contributed by atoms with Crippen molar-refractivity contribution in [3.05, 3.63) is 107 Å². The molecule has 2 atom stereocenters. The van der Waals surface area contributed by atoms with E-state index < -0.39 is 5.82 Å². The number of hydrogen-bond acceptors (Lipinski definition) is 12. The van der Waals surface area contributed by atoms with Crippen LogP contribution in [-0.2, 0) is 46.3 Å². The number of aromatic nitrogens is 1. The van der Waals surface area contributed by atoms with Gasteiger partial charge in [0.2, 0.25) is 11.8 Å². The zero-order valence-corrected chi connectivity index (χ0v) is 39.1. The Morgan fingerprint density at radius 2 is 1.22 bits per heavy atom. The van der Waals surface area contributed by atoms with Gasteiger partial charge in [0, 0.05) is 47.7 Å². The number of nitrogens with zero attached hydrogens (tertiary/aromatic N) is 4. The molecule has 17 heteroatoms. The van der Waals surface area contributed by atoms with Crippen LogP contribution in [0.2, 0.25) is 0 Å². The predicted molar refractivity (Wildman–Crippen MR) is 257 cm³/mol. The molecule has 360 valence electrons. The number of fused-ring (bicyclic) bond motifs is 1. The van der Waals surface area contributed by atoms with Gasteiger partial charge in [0.1, 0.15) is 31.7 Å². The molecule has 5 aromatic rings. The second kappa shape index (κ2) is 25.2. The van der Waals surface area contributed by atoms with Crippen LogP contribution < -0.4 is 26.2 Å². The molecule has 2 aliphatic rings. The number of benzene rings is 4. The first-order valence-electron chi connectivity index (χ1n) is 22.6. The van der Waals surface area contributed by atoms with Crippen molar-refractivity contribution >= 4 is 68.9 Å². The number of nitrogen functional groups attached to an aromatic ring is 1. The number of halogens is 1. The number of amides is 4. The summed E-state index contributed by atoms with van der Waals surface area (Å²) in [4.78, 5) is 63.0. The summed E-state index contributed by atoms with van der Waals surface area (Å²) in [6.45, 7) is 11.5. The minimum Gasteiger partial charge on any atom is -0.389 e. The number of Topliss-reactive ketones (excluding diaryl/α,β-unsaturated/α-hetero) is 1. The maximum absolute atomic E-state index is 13.6. The summed E-state index contributed by atoms with van der Waals surface area (Å²) >= 11 is 0. The number of ether oxygens (including phenoxy) is 2. The Kier molecular flexibility index (Phi) is 19.3. The highest BCUT2D eigenvalue weighted by atomic mass is 19.1. The van der Waals surface area contributed by atoms with Gasteiger partial charge >= 0.3 is 0 Å². The molecule has 0 radical (unpaired) electrons. The van der Waals surface area contributed by atoms with Crippen LogP contribution in [0.1, 0.15) is 64.2 Å². The number of aliphatic hydroxyl groups excluding tert-OH is 1. The highest BCUT2D eigenvalue weighted by molar-refractivity contribution is 5.97. The summed E-state index contributed by atoms with van der Waals surface area (Å²) in [5.41, 5.74) is 11.2. The lowest BCUT2D eigenvalue weighted by molar-refractivity contribution is -0.126. The molecule has 1 aromatic heterocycles. The number of nitriles is 1. The van der Waals surface area contributed by atoms with Crippen molar-refractivity contribution in [3.63, 3.8) is 0 Å². The van der Waals surface area contributed by atoms with Crippen LogP contribution >= 0.6 is 0 Å². The minimum atomic E-state index is -0.560. The molecule has 4 amide bonds. The van der Waals surface area contributed by atoms with Gasteiger partial charge in [-0.2, -0.15) is 5.26 Å².